The van der Waals surface area contributed by atoms with Crippen molar-refractivity contribution in [3.05, 3.63) is 59.8 Å². The number of anilines is 2. The van der Waals surface area contributed by atoms with Gasteiger partial charge < -0.3 is 20.3 Å². The van der Waals surface area contributed by atoms with Crippen molar-refractivity contribution < 1.29 is 14.3 Å². The minimum Gasteiger partial charge on any atom is -0.493 e. The molecular weight excluding hydrogens is 368 g/mol. The second-order valence-corrected chi connectivity index (χ2v) is 7.01. The minimum absolute atomic E-state index is 0.156. The number of ketones is 1. The largest absolute Gasteiger partial charge is 0.493 e. The summed E-state index contributed by atoms with van der Waals surface area (Å²) in [4.78, 5) is 30.4. The van der Waals surface area contributed by atoms with Gasteiger partial charge in [0.25, 0.3) is 0 Å². The Morgan fingerprint density at radius 1 is 1.17 bits per heavy atom. The van der Waals surface area contributed by atoms with Crippen molar-refractivity contribution in [1.29, 1.82) is 0 Å². The van der Waals surface area contributed by atoms with Crippen LogP contribution < -0.4 is 15.4 Å². The van der Waals surface area contributed by atoms with E-state index in [0.29, 0.717) is 24.3 Å². The first kappa shape index (κ1) is 20.5. The van der Waals surface area contributed by atoms with Crippen molar-refractivity contribution >= 4 is 23.6 Å². The van der Waals surface area contributed by atoms with E-state index in [1.165, 1.54) is 17.8 Å². The molecule has 7 nitrogen and oxygen atoms in total. The minimum atomic E-state index is -0.156. The van der Waals surface area contributed by atoms with E-state index in [2.05, 4.69) is 21.8 Å². The van der Waals surface area contributed by atoms with Crippen molar-refractivity contribution in [3.63, 3.8) is 0 Å². The molecule has 1 aromatic carbocycles. The number of fused-ring (bicyclic) bond motifs is 1. The summed E-state index contributed by atoms with van der Waals surface area (Å²) in [6, 6.07) is 9.22. The number of likely N-dealkylation sites (N-methyl/N-ethyl adjacent to an activating group) is 1. The van der Waals surface area contributed by atoms with Crippen LogP contribution in [0.3, 0.4) is 0 Å². The average Bonchev–Trinajstić information content (AvgIpc) is 3.21. The highest BCUT2D eigenvalue weighted by atomic mass is 16.5. The molecule has 2 aromatic rings. The molecule has 0 atom stereocenters. The van der Waals surface area contributed by atoms with Gasteiger partial charge in [0.05, 0.1) is 18.5 Å². The first-order valence-electron chi connectivity index (χ1n) is 9.64. The molecule has 29 heavy (non-hydrogen) atoms. The summed E-state index contributed by atoms with van der Waals surface area (Å²) in [6.45, 7) is 5.05. The zero-order valence-electron chi connectivity index (χ0n) is 16.6. The van der Waals surface area contributed by atoms with Crippen molar-refractivity contribution in [2.24, 2.45) is 0 Å². The van der Waals surface area contributed by atoms with Crippen molar-refractivity contribution in [2.75, 3.05) is 50.5 Å². The molecule has 0 radical (unpaired) electrons. The topological polar surface area (TPSA) is 88.8 Å². The lowest BCUT2D eigenvalue weighted by molar-refractivity contribution is -0.104. The first-order chi connectivity index (χ1) is 14.1. The van der Waals surface area contributed by atoms with E-state index in [1.54, 1.807) is 12.1 Å². The Balaban J connectivity index is 0.000000166. The Labute approximate surface area is 170 Å². The van der Waals surface area contributed by atoms with Crippen LogP contribution in [0.2, 0.25) is 0 Å². The van der Waals surface area contributed by atoms with Gasteiger partial charge in [0.2, 0.25) is 0 Å². The third kappa shape index (κ3) is 5.65. The van der Waals surface area contributed by atoms with Gasteiger partial charge in [-0.1, -0.05) is 0 Å². The molecule has 3 heterocycles. The number of hydrogen-bond acceptors (Lipinski definition) is 7. The summed E-state index contributed by atoms with van der Waals surface area (Å²) in [7, 11) is 2.15. The lowest BCUT2D eigenvalue weighted by atomic mass is 10.1. The van der Waals surface area contributed by atoms with Gasteiger partial charge in [-0.2, -0.15) is 0 Å². The van der Waals surface area contributed by atoms with E-state index < -0.39 is 0 Å². The molecule has 7 heteroatoms. The lowest BCUT2D eigenvalue weighted by Crippen LogP contribution is -2.44. The van der Waals surface area contributed by atoms with E-state index >= 15 is 0 Å². The lowest BCUT2D eigenvalue weighted by Gasteiger charge is -2.33. The highest BCUT2D eigenvalue weighted by molar-refractivity contribution is 6.06. The van der Waals surface area contributed by atoms with Crippen LogP contribution in [0.15, 0.2) is 48.7 Å². The first-order valence-corrected chi connectivity index (χ1v) is 9.64. The number of nitrogen functional groups attached to an aromatic ring is 1. The fourth-order valence-electron chi connectivity index (χ4n) is 3.21. The molecule has 2 aliphatic heterocycles. The maximum Gasteiger partial charge on any atom is 0.185 e. The van der Waals surface area contributed by atoms with Crippen LogP contribution in [0.4, 0.5) is 11.5 Å². The molecule has 152 valence electrons. The Bertz CT molecular complexity index is 872. The smallest absolute Gasteiger partial charge is 0.185 e. The third-order valence-corrected chi connectivity index (χ3v) is 4.94. The van der Waals surface area contributed by atoms with Crippen LogP contribution in [0, 0.1) is 0 Å². The summed E-state index contributed by atoms with van der Waals surface area (Å²) >= 11 is 0. The van der Waals surface area contributed by atoms with Crippen molar-refractivity contribution in [1.82, 2.24) is 9.88 Å². The van der Waals surface area contributed by atoms with Crippen LogP contribution in [0.5, 0.6) is 5.75 Å². The summed E-state index contributed by atoms with van der Waals surface area (Å²) in [6.07, 6.45) is 5.75. The maximum absolute atomic E-state index is 11.5. The number of benzene rings is 1. The molecule has 0 amide bonds. The quantitative estimate of drug-likeness (QED) is 0.482. The molecular formula is C22H26N4O3. The van der Waals surface area contributed by atoms with Crippen LogP contribution in [-0.2, 0) is 11.2 Å². The monoisotopic (exact) mass is 394 g/mol. The number of nitrogens with zero attached hydrogens (tertiary/aromatic N) is 3. The number of ether oxygens (including phenoxy) is 1. The number of carbonyl (C=O) groups excluding carboxylic acids is 2. The Morgan fingerprint density at radius 3 is 2.66 bits per heavy atom. The Morgan fingerprint density at radius 2 is 1.97 bits per heavy atom. The number of hydrogen-bond donors (Lipinski definition) is 1. The highest BCUT2D eigenvalue weighted by Crippen LogP contribution is 2.26. The van der Waals surface area contributed by atoms with Crippen molar-refractivity contribution in [3.8, 4) is 5.75 Å². The average molecular weight is 394 g/mol. The number of piperazine rings is 1. The van der Waals surface area contributed by atoms with Gasteiger partial charge >= 0.3 is 0 Å². The molecule has 0 unspecified atom stereocenters. The maximum atomic E-state index is 11.5. The molecule has 4 rings (SSSR count). The predicted molar refractivity (Wildman–Crippen MR) is 114 cm³/mol. The molecule has 1 fully saturated rings. The van der Waals surface area contributed by atoms with Gasteiger partial charge in [0.1, 0.15) is 17.9 Å². The van der Waals surface area contributed by atoms with E-state index in [4.69, 9.17) is 10.5 Å². The van der Waals surface area contributed by atoms with Gasteiger partial charge in [-0.3, -0.25) is 9.59 Å². The van der Waals surface area contributed by atoms with Crippen molar-refractivity contribution in [2.45, 2.75) is 6.42 Å². The second kappa shape index (κ2) is 9.84. The second-order valence-electron chi connectivity index (χ2n) is 7.01. The van der Waals surface area contributed by atoms with E-state index in [1.807, 2.05) is 24.4 Å². The van der Waals surface area contributed by atoms with Gasteiger partial charge in [0.15, 0.2) is 5.78 Å². The zero-order valence-corrected chi connectivity index (χ0v) is 16.6. The molecule has 2 N–H and O–H groups in total. The van der Waals surface area contributed by atoms with Crippen LogP contribution in [0.25, 0.3) is 0 Å². The Hall–Kier alpha value is -3.19. The van der Waals surface area contributed by atoms with Gasteiger partial charge in [-0.25, -0.2) is 4.98 Å². The zero-order chi connectivity index (χ0) is 20.6. The van der Waals surface area contributed by atoms with E-state index in [9.17, 15) is 9.59 Å². The SMILES string of the molecule is CN1CCN(c2ccc(N)nc2)CC1.O=C/C=C/C(=O)c1ccc2c(c1)CCO2. The molecule has 1 aromatic heterocycles. The van der Waals surface area contributed by atoms with E-state index in [-0.39, 0.29) is 5.78 Å². The number of pyridine rings is 1. The van der Waals surface area contributed by atoms with Crippen LogP contribution >= 0.6 is 0 Å². The fraction of sp³-hybridized carbons (Fsp3) is 0.318. The van der Waals surface area contributed by atoms with Gasteiger partial charge in [-0.05, 0) is 55.1 Å². The number of carbonyl (C=O) groups is 2. The molecule has 0 spiro atoms. The molecule has 0 bridgehead atoms. The molecule has 0 aliphatic carbocycles. The highest BCUT2D eigenvalue weighted by Gasteiger charge is 2.14. The summed E-state index contributed by atoms with van der Waals surface area (Å²) in [5.74, 6) is 1.28. The summed E-state index contributed by atoms with van der Waals surface area (Å²) in [5.41, 5.74) is 8.36. The molecule has 1 saturated heterocycles. The number of allylic oxidation sites excluding steroid dienone is 2. The van der Waals surface area contributed by atoms with Gasteiger partial charge in [0, 0.05) is 38.2 Å². The normalized spacial score (nSPS) is 16.0. The fourth-order valence-corrected chi connectivity index (χ4v) is 3.21. The van der Waals surface area contributed by atoms with Gasteiger partial charge in [-0.15, -0.1) is 0 Å². The number of aromatic nitrogens is 1. The van der Waals surface area contributed by atoms with E-state index in [0.717, 1.165) is 43.9 Å². The Kier molecular flexibility index (Phi) is 6.97. The molecule has 2 aliphatic rings. The standard InChI is InChI=1S/C12H10O3.C10H16N4/c13-6-1-2-11(14)9-3-4-12-10(8-9)5-7-15-12;1-13-4-6-14(7-5-13)9-2-3-10(11)12-8-9/h1-4,6,8H,5,7H2;2-3,8H,4-7H2,1H3,(H2,11,12)/b2-1+;. The number of nitrogens with two attached hydrogens (primary N) is 1. The summed E-state index contributed by atoms with van der Waals surface area (Å²) in [5, 5.41) is 0. The molecule has 0 saturated carbocycles. The number of rotatable bonds is 4. The number of aldehydes is 1. The predicted octanol–water partition coefficient (Wildman–Crippen LogP) is 1.97. The summed E-state index contributed by atoms with van der Waals surface area (Å²) < 4.78 is 5.33. The van der Waals surface area contributed by atoms with Crippen LogP contribution in [0.1, 0.15) is 15.9 Å². The van der Waals surface area contributed by atoms with Crippen LogP contribution in [-0.4, -0.2) is 61.8 Å². The third-order valence-electron chi connectivity index (χ3n) is 4.94.